The maximum atomic E-state index is 11.7. The van der Waals surface area contributed by atoms with Gasteiger partial charge in [0.1, 0.15) is 11.8 Å². The van der Waals surface area contributed by atoms with Gasteiger partial charge in [-0.25, -0.2) is 9.59 Å². The van der Waals surface area contributed by atoms with Gasteiger partial charge in [0, 0.05) is 5.02 Å². The van der Waals surface area contributed by atoms with Crippen LogP contribution in [0.1, 0.15) is 6.42 Å². The lowest BCUT2D eigenvalue weighted by Gasteiger charge is -2.15. The number of carboxylic acids is 2. The van der Waals surface area contributed by atoms with Gasteiger partial charge in [-0.3, -0.25) is 4.79 Å². The Labute approximate surface area is 124 Å². The van der Waals surface area contributed by atoms with Crippen LogP contribution in [-0.4, -0.2) is 41.3 Å². The minimum Gasteiger partial charge on any atom is -0.495 e. The zero-order valence-corrected chi connectivity index (χ0v) is 11.7. The molecule has 0 fully saturated rings. The molecule has 0 unspecified atom stereocenters. The first-order chi connectivity index (χ1) is 9.83. The van der Waals surface area contributed by atoms with Crippen molar-refractivity contribution in [2.24, 2.45) is 0 Å². The number of anilines is 1. The quantitative estimate of drug-likeness (QED) is 0.628. The molecule has 0 aliphatic rings. The summed E-state index contributed by atoms with van der Waals surface area (Å²) in [6.07, 6.45) is -0.741. The third-order valence-corrected chi connectivity index (χ3v) is 2.63. The van der Waals surface area contributed by atoms with E-state index in [1.165, 1.54) is 19.2 Å². The number of amides is 2. The zero-order chi connectivity index (χ0) is 16.0. The number of urea groups is 1. The van der Waals surface area contributed by atoms with Crippen LogP contribution in [0.2, 0.25) is 5.02 Å². The largest absolute Gasteiger partial charge is 0.495 e. The fraction of sp³-hybridized carbons (Fsp3) is 0.250. The van der Waals surface area contributed by atoms with Crippen molar-refractivity contribution in [3.63, 3.8) is 0 Å². The van der Waals surface area contributed by atoms with Gasteiger partial charge >= 0.3 is 18.0 Å². The van der Waals surface area contributed by atoms with E-state index in [0.29, 0.717) is 10.8 Å². The van der Waals surface area contributed by atoms with Crippen molar-refractivity contribution in [3.8, 4) is 5.75 Å². The molecule has 4 N–H and O–H groups in total. The van der Waals surface area contributed by atoms with Crippen molar-refractivity contribution < 1.29 is 29.3 Å². The van der Waals surface area contributed by atoms with Crippen molar-refractivity contribution in [1.29, 1.82) is 0 Å². The van der Waals surface area contributed by atoms with Crippen LogP contribution in [0.3, 0.4) is 0 Å². The smallest absolute Gasteiger partial charge is 0.326 e. The van der Waals surface area contributed by atoms with E-state index < -0.39 is 30.4 Å². The summed E-state index contributed by atoms with van der Waals surface area (Å²) in [5.74, 6) is -2.48. The van der Waals surface area contributed by atoms with Gasteiger partial charge in [0.05, 0.1) is 19.2 Å². The van der Waals surface area contributed by atoms with Crippen LogP contribution in [0.5, 0.6) is 5.75 Å². The molecule has 0 aromatic heterocycles. The van der Waals surface area contributed by atoms with Crippen molar-refractivity contribution in [1.82, 2.24) is 5.32 Å². The molecule has 0 radical (unpaired) electrons. The third-order valence-electron chi connectivity index (χ3n) is 2.39. The maximum Gasteiger partial charge on any atom is 0.326 e. The average molecular weight is 317 g/mol. The molecule has 21 heavy (non-hydrogen) atoms. The van der Waals surface area contributed by atoms with E-state index in [-0.39, 0.29) is 5.69 Å². The molecule has 0 bridgehead atoms. The second-order valence-electron chi connectivity index (χ2n) is 3.93. The molecule has 1 aromatic rings. The monoisotopic (exact) mass is 316 g/mol. The van der Waals surface area contributed by atoms with Crippen LogP contribution in [0.15, 0.2) is 18.2 Å². The van der Waals surface area contributed by atoms with Crippen LogP contribution in [0.25, 0.3) is 0 Å². The SMILES string of the molecule is COc1ccc(Cl)cc1NC(=O)N[C@H](CC(=O)O)C(=O)O. The first kappa shape index (κ1) is 16.6. The summed E-state index contributed by atoms with van der Waals surface area (Å²) >= 11 is 5.78. The van der Waals surface area contributed by atoms with Crippen molar-refractivity contribution in [2.75, 3.05) is 12.4 Å². The topological polar surface area (TPSA) is 125 Å². The lowest BCUT2D eigenvalue weighted by Crippen LogP contribution is -2.44. The molecular weight excluding hydrogens is 304 g/mol. The second-order valence-corrected chi connectivity index (χ2v) is 4.37. The highest BCUT2D eigenvalue weighted by atomic mass is 35.5. The number of methoxy groups -OCH3 is 1. The van der Waals surface area contributed by atoms with Crippen LogP contribution in [-0.2, 0) is 9.59 Å². The standard InChI is InChI=1S/C12H13ClN2O6/c1-21-9-3-2-6(13)4-7(9)14-12(20)15-8(11(18)19)5-10(16)17/h2-4,8H,5H2,1H3,(H,16,17)(H,18,19)(H2,14,15,20)/t8-/m1/s1. The fourth-order valence-electron chi connectivity index (χ4n) is 1.47. The molecule has 1 aromatic carbocycles. The summed E-state index contributed by atoms with van der Waals surface area (Å²) < 4.78 is 5.01. The summed E-state index contributed by atoms with van der Waals surface area (Å²) in [4.78, 5) is 33.1. The molecule has 0 aliphatic heterocycles. The van der Waals surface area contributed by atoms with Gasteiger partial charge in [-0.15, -0.1) is 0 Å². The highest BCUT2D eigenvalue weighted by Crippen LogP contribution is 2.27. The minimum absolute atomic E-state index is 0.224. The Morgan fingerprint density at radius 1 is 1.33 bits per heavy atom. The molecule has 0 aliphatic carbocycles. The number of carboxylic acid groups (broad SMARTS) is 2. The van der Waals surface area contributed by atoms with Crippen molar-refractivity contribution >= 4 is 35.3 Å². The molecule has 0 saturated heterocycles. The second kappa shape index (κ2) is 7.34. The normalized spacial score (nSPS) is 11.3. The Hall–Kier alpha value is -2.48. The first-order valence-electron chi connectivity index (χ1n) is 5.69. The Balaban J connectivity index is 2.78. The van der Waals surface area contributed by atoms with E-state index in [0.717, 1.165) is 0 Å². The summed E-state index contributed by atoms with van der Waals surface area (Å²) in [6, 6.07) is 2.04. The van der Waals surface area contributed by atoms with E-state index in [9.17, 15) is 14.4 Å². The molecule has 9 heteroatoms. The number of hydrogen-bond donors (Lipinski definition) is 4. The Morgan fingerprint density at radius 3 is 2.52 bits per heavy atom. The number of nitrogens with one attached hydrogen (secondary N) is 2. The van der Waals surface area contributed by atoms with E-state index in [1.807, 2.05) is 5.32 Å². The molecule has 114 valence electrons. The van der Waals surface area contributed by atoms with Crippen molar-refractivity contribution in [2.45, 2.75) is 12.5 Å². The Bertz CT molecular complexity index is 563. The zero-order valence-electron chi connectivity index (χ0n) is 10.9. The maximum absolute atomic E-state index is 11.7. The Kier molecular flexibility index (Phi) is 5.79. The molecule has 2 amide bonds. The summed E-state index contributed by atoms with van der Waals surface area (Å²) in [6.45, 7) is 0. The van der Waals surface area contributed by atoms with Gasteiger partial charge in [-0.1, -0.05) is 11.6 Å². The highest BCUT2D eigenvalue weighted by Gasteiger charge is 2.23. The van der Waals surface area contributed by atoms with Gasteiger partial charge in [0.25, 0.3) is 0 Å². The molecule has 1 rings (SSSR count). The minimum atomic E-state index is -1.55. The Morgan fingerprint density at radius 2 is 2.00 bits per heavy atom. The van der Waals surface area contributed by atoms with Gasteiger partial charge in [0.2, 0.25) is 0 Å². The van der Waals surface area contributed by atoms with E-state index in [2.05, 4.69) is 5.32 Å². The summed E-state index contributed by atoms with van der Waals surface area (Å²) in [5, 5.41) is 22.1. The number of carbonyl (C=O) groups is 3. The molecule has 0 spiro atoms. The van der Waals surface area contributed by atoms with Crippen LogP contribution < -0.4 is 15.4 Å². The first-order valence-corrected chi connectivity index (χ1v) is 6.07. The van der Waals surface area contributed by atoms with Gasteiger partial charge in [-0.2, -0.15) is 0 Å². The highest BCUT2D eigenvalue weighted by molar-refractivity contribution is 6.31. The number of ether oxygens (including phenoxy) is 1. The molecule has 8 nitrogen and oxygen atoms in total. The number of aliphatic carboxylic acids is 2. The van der Waals surface area contributed by atoms with Gasteiger partial charge < -0.3 is 25.6 Å². The third kappa shape index (κ3) is 5.19. The number of halogens is 1. The number of hydrogen-bond acceptors (Lipinski definition) is 4. The van der Waals surface area contributed by atoms with Crippen LogP contribution in [0, 0.1) is 0 Å². The molecular formula is C12H13ClN2O6. The van der Waals surface area contributed by atoms with Gasteiger partial charge in [-0.05, 0) is 18.2 Å². The predicted octanol–water partition coefficient (Wildman–Crippen LogP) is 1.40. The summed E-state index contributed by atoms with van der Waals surface area (Å²) in [7, 11) is 1.39. The predicted molar refractivity (Wildman–Crippen MR) is 73.8 cm³/mol. The average Bonchev–Trinajstić information content (AvgIpc) is 2.37. The molecule has 1 atom stereocenters. The molecule has 0 heterocycles. The fourth-order valence-corrected chi connectivity index (χ4v) is 1.64. The molecule has 0 saturated carbocycles. The van der Waals surface area contributed by atoms with E-state index >= 15 is 0 Å². The van der Waals surface area contributed by atoms with Crippen LogP contribution in [0.4, 0.5) is 10.5 Å². The lowest BCUT2D eigenvalue weighted by molar-refractivity contribution is -0.145. The van der Waals surface area contributed by atoms with E-state index in [1.54, 1.807) is 6.07 Å². The van der Waals surface area contributed by atoms with Gasteiger partial charge in [0.15, 0.2) is 0 Å². The number of benzene rings is 1. The number of rotatable bonds is 6. The van der Waals surface area contributed by atoms with Crippen molar-refractivity contribution in [3.05, 3.63) is 23.2 Å². The number of carbonyl (C=O) groups excluding carboxylic acids is 1. The van der Waals surface area contributed by atoms with E-state index in [4.69, 9.17) is 26.6 Å². The summed E-state index contributed by atoms with van der Waals surface area (Å²) in [5.41, 5.74) is 0.224. The van der Waals surface area contributed by atoms with Crippen LogP contribution >= 0.6 is 11.6 Å². The lowest BCUT2D eigenvalue weighted by atomic mass is 10.2.